The highest BCUT2D eigenvalue weighted by molar-refractivity contribution is 5.77. The molecule has 0 aliphatic heterocycles. The van der Waals surface area contributed by atoms with Crippen LogP contribution in [0.3, 0.4) is 0 Å². The van der Waals surface area contributed by atoms with Crippen LogP contribution in [0.2, 0.25) is 0 Å². The quantitative estimate of drug-likeness (QED) is 0.641. The number of nitrogens with zero attached hydrogens (tertiary/aromatic N) is 1. The van der Waals surface area contributed by atoms with Gasteiger partial charge in [-0.15, -0.1) is 0 Å². The van der Waals surface area contributed by atoms with E-state index >= 15 is 0 Å². The van der Waals surface area contributed by atoms with Gasteiger partial charge in [0.2, 0.25) is 5.91 Å². The van der Waals surface area contributed by atoms with Crippen LogP contribution in [0.5, 0.6) is 0 Å². The third-order valence-corrected chi connectivity index (χ3v) is 2.53. The number of rotatable bonds is 5. The van der Waals surface area contributed by atoms with Crippen molar-refractivity contribution in [2.75, 3.05) is 11.9 Å². The average Bonchev–Trinajstić information content (AvgIpc) is 2.28. The minimum Gasteiger partial charge on any atom is -0.379 e. The Bertz CT molecular complexity index is 507. The van der Waals surface area contributed by atoms with Gasteiger partial charge >= 0.3 is 0 Å². The van der Waals surface area contributed by atoms with E-state index in [2.05, 4.69) is 10.6 Å². The fraction of sp³-hybridized carbons (Fsp3) is 0.500. The van der Waals surface area contributed by atoms with Crippen molar-refractivity contribution in [2.24, 2.45) is 0 Å². The first-order valence-electron chi connectivity index (χ1n) is 6.49. The fourth-order valence-corrected chi connectivity index (χ4v) is 1.73. The summed E-state index contributed by atoms with van der Waals surface area (Å²) in [5, 5.41) is 16.7. The Balaban J connectivity index is 2.58. The number of nitrogens with one attached hydrogen (secondary N) is 2. The van der Waals surface area contributed by atoms with Crippen LogP contribution in [0.25, 0.3) is 0 Å². The molecule has 0 atom stereocenters. The van der Waals surface area contributed by atoms with Crippen LogP contribution >= 0.6 is 0 Å². The fourth-order valence-electron chi connectivity index (χ4n) is 1.73. The van der Waals surface area contributed by atoms with E-state index in [1.165, 1.54) is 6.07 Å². The third kappa shape index (κ3) is 5.26. The number of nitro groups is 1. The Hall–Kier alpha value is -2.11. The summed E-state index contributed by atoms with van der Waals surface area (Å²) in [6, 6.07) is 4.97. The van der Waals surface area contributed by atoms with Crippen molar-refractivity contribution in [3.05, 3.63) is 33.9 Å². The minimum atomic E-state index is -0.426. The van der Waals surface area contributed by atoms with Crippen molar-refractivity contribution in [1.82, 2.24) is 5.32 Å². The van der Waals surface area contributed by atoms with E-state index in [1.54, 1.807) is 19.1 Å². The number of aryl methyl sites for hydroxylation is 1. The predicted octanol–water partition coefficient (Wildman–Crippen LogP) is 2.62. The van der Waals surface area contributed by atoms with Gasteiger partial charge in [0.25, 0.3) is 5.69 Å². The number of nitro benzene ring substituents is 1. The molecule has 0 heterocycles. The van der Waals surface area contributed by atoms with Crippen LogP contribution in [0.1, 0.15) is 32.8 Å². The topological polar surface area (TPSA) is 84.3 Å². The Morgan fingerprint density at radius 1 is 1.35 bits per heavy atom. The van der Waals surface area contributed by atoms with Gasteiger partial charge in [0.1, 0.15) is 5.69 Å². The van der Waals surface area contributed by atoms with Crippen LogP contribution in [0, 0.1) is 17.0 Å². The molecule has 0 saturated carbocycles. The number of carbonyl (C=O) groups excluding carboxylic acids is 1. The summed E-state index contributed by atoms with van der Waals surface area (Å²) in [6.45, 7) is 7.87. The standard InChI is InChI=1S/C14H21N3O3/c1-10-5-6-11(12(9-10)17(19)20)15-8-7-13(18)16-14(2,3)4/h5-6,9,15H,7-8H2,1-4H3,(H,16,18). The van der Waals surface area contributed by atoms with Gasteiger partial charge in [-0.2, -0.15) is 0 Å². The van der Waals surface area contributed by atoms with E-state index in [0.29, 0.717) is 12.2 Å². The van der Waals surface area contributed by atoms with Crippen LogP contribution in [-0.4, -0.2) is 22.9 Å². The van der Waals surface area contributed by atoms with E-state index in [9.17, 15) is 14.9 Å². The molecular weight excluding hydrogens is 258 g/mol. The third-order valence-electron chi connectivity index (χ3n) is 2.53. The van der Waals surface area contributed by atoms with Gasteiger partial charge in [-0.3, -0.25) is 14.9 Å². The maximum Gasteiger partial charge on any atom is 0.292 e. The molecule has 1 amide bonds. The van der Waals surface area contributed by atoms with Crippen molar-refractivity contribution >= 4 is 17.3 Å². The van der Waals surface area contributed by atoms with Crippen LogP contribution in [0.15, 0.2) is 18.2 Å². The molecule has 6 nitrogen and oxygen atoms in total. The molecule has 20 heavy (non-hydrogen) atoms. The molecule has 2 N–H and O–H groups in total. The Kier molecular flexibility index (Phi) is 5.07. The monoisotopic (exact) mass is 279 g/mol. The van der Waals surface area contributed by atoms with Crippen molar-refractivity contribution in [2.45, 2.75) is 39.7 Å². The summed E-state index contributed by atoms with van der Waals surface area (Å²) in [6.07, 6.45) is 0.266. The van der Waals surface area contributed by atoms with Gasteiger partial charge in [-0.05, 0) is 39.3 Å². The normalized spacial score (nSPS) is 11.0. The van der Waals surface area contributed by atoms with Crippen LogP contribution in [-0.2, 0) is 4.79 Å². The summed E-state index contributed by atoms with van der Waals surface area (Å²) >= 11 is 0. The lowest BCUT2D eigenvalue weighted by atomic mass is 10.1. The number of carbonyl (C=O) groups is 1. The minimum absolute atomic E-state index is 0.0289. The van der Waals surface area contributed by atoms with Gasteiger partial charge in [0.15, 0.2) is 0 Å². The zero-order valence-electron chi connectivity index (χ0n) is 12.3. The molecular formula is C14H21N3O3. The Morgan fingerprint density at radius 3 is 2.55 bits per heavy atom. The average molecular weight is 279 g/mol. The summed E-state index contributed by atoms with van der Waals surface area (Å²) in [5.41, 5.74) is 1.02. The molecule has 0 spiro atoms. The van der Waals surface area contributed by atoms with E-state index in [-0.39, 0.29) is 23.6 Å². The first-order valence-corrected chi connectivity index (χ1v) is 6.49. The van der Waals surface area contributed by atoms with Gasteiger partial charge in [0, 0.05) is 24.6 Å². The lowest BCUT2D eigenvalue weighted by molar-refractivity contribution is -0.384. The molecule has 0 bridgehead atoms. The summed E-state index contributed by atoms with van der Waals surface area (Å²) in [5.74, 6) is -0.0836. The summed E-state index contributed by atoms with van der Waals surface area (Å²) in [4.78, 5) is 22.2. The summed E-state index contributed by atoms with van der Waals surface area (Å²) in [7, 11) is 0. The molecule has 1 rings (SSSR count). The number of hydrogen-bond donors (Lipinski definition) is 2. The number of anilines is 1. The lowest BCUT2D eigenvalue weighted by Crippen LogP contribution is -2.41. The van der Waals surface area contributed by atoms with Gasteiger partial charge in [-0.1, -0.05) is 6.07 Å². The molecule has 0 radical (unpaired) electrons. The number of benzene rings is 1. The SMILES string of the molecule is Cc1ccc(NCCC(=O)NC(C)(C)C)c([N+](=O)[O-])c1. The predicted molar refractivity (Wildman–Crippen MR) is 78.8 cm³/mol. The molecule has 0 aliphatic rings. The zero-order valence-corrected chi connectivity index (χ0v) is 12.3. The number of amides is 1. The first kappa shape index (κ1) is 15.9. The van der Waals surface area contributed by atoms with Crippen LogP contribution in [0.4, 0.5) is 11.4 Å². The second-order valence-corrected chi connectivity index (χ2v) is 5.75. The maximum absolute atomic E-state index is 11.6. The van der Waals surface area contributed by atoms with E-state index in [4.69, 9.17) is 0 Å². The Morgan fingerprint density at radius 2 is 2.00 bits per heavy atom. The summed E-state index contributed by atoms with van der Waals surface area (Å²) < 4.78 is 0. The van der Waals surface area contributed by atoms with Gasteiger partial charge in [0.05, 0.1) is 4.92 Å². The largest absolute Gasteiger partial charge is 0.379 e. The van der Waals surface area contributed by atoms with Gasteiger partial charge in [-0.25, -0.2) is 0 Å². The highest BCUT2D eigenvalue weighted by Crippen LogP contribution is 2.25. The van der Waals surface area contributed by atoms with E-state index < -0.39 is 4.92 Å². The van der Waals surface area contributed by atoms with Crippen molar-refractivity contribution < 1.29 is 9.72 Å². The molecule has 110 valence electrons. The zero-order chi connectivity index (χ0) is 15.3. The second kappa shape index (κ2) is 6.36. The highest BCUT2D eigenvalue weighted by Gasteiger charge is 2.15. The smallest absolute Gasteiger partial charge is 0.292 e. The number of hydrogen-bond acceptors (Lipinski definition) is 4. The molecule has 1 aromatic rings. The second-order valence-electron chi connectivity index (χ2n) is 5.75. The molecule has 6 heteroatoms. The maximum atomic E-state index is 11.6. The Labute approximate surface area is 118 Å². The molecule has 0 aliphatic carbocycles. The van der Waals surface area contributed by atoms with Gasteiger partial charge < -0.3 is 10.6 Å². The van der Waals surface area contributed by atoms with Crippen molar-refractivity contribution in [1.29, 1.82) is 0 Å². The molecule has 0 fully saturated rings. The molecule has 1 aromatic carbocycles. The van der Waals surface area contributed by atoms with Crippen molar-refractivity contribution in [3.63, 3.8) is 0 Å². The highest BCUT2D eigenvalue weighted by atomic mass is 16.6. The van der Waals surface area contributed by atoms with Crippen LogP contribution < -0.4 is 10.6 Å². The molecule has 0 saturated heterocycles. The lowest BCUT2D eigenvalue weighted by Gasteiger charge is -2.20. The van der Waals surface area contributed by atoms with E-state index in [1.807, 2.05) is 20.8 Å². The van der Waals surface area contributed by atoms with Crippen molar-refractivity contribution in [3.8, 4) is 0 Å². The van der Waals surface area contributed by atoms with E-state index in [0.717, 1.165) is 5.56 Å². The molecule has 0 aromatic heterocycles. The molecule has 0 unspecified atom stereocenters. The first-order chi connectivity index (χ1) is 9.19.